The first-order valence-corrected chi connectivity index (χ1v) is 21.1. The van der Waals surface area contributed by atoms with E-state index < -0.39 is 0 Å². The Kier molecular flexibility index (Phi) is 9.59. The molecule has 2 fully saturated rings. The molecule has 0 radical (unpaired) electrons. The van der Waals surface area contributed by atoms with Gasteiger partial charge in [0, 0.05) is 40.4 Å². The lowest BCUT2D eigenvalue weighted by Crippen LogP contribution is -2.13. The SMILES string of the molecule is Cc1ccnc(-n2c3ccccc3c3ccc(Oc4cc(-n5nc(C)c(-c6c(C7CCCCC7)cccc6C6CCCCC6)c5C)cc(C(C)(C)C)c4)cc32)c1. The Morgan fingerprint density at radius 2 is 1.30 bits per heavy atom. The third kappa shape index (κ3) is 6.73. The third-order valence-corrected chi connectivity index (χ3v) is 12.8. The van der Waals surface area contributed by atoms with Gasteiger partial charge >= 0.3 is 0 Å². The number of rotatable bonds is 7. The Balaban J connectivity index is 1.16. The molecule has 56 heavy (non-hydrogen) atoms. The van der Waals surface area contributed by atoms with Crippen LogP contribution in [-0.2, 0) is 5.41 Å². The topological polar surface area (TPSA) is 44.9 Å². The Morgan fingerprint density at radius 1 is 0.625 bits per heavy atom. The van der Waals surface area contributed by atoms with E-state index >= 15 is 0 Å². The standard InChI is InChI=1S/C51H56N4O/c1-33-26-27-52-48(28-33)54-46-23-14-13-20-44(46)45-25-24-40(32-47(45)54)56-41-30-38(51(4,5)6)29-39(31-41)55-35(3)49(34(2)53-55)50-42(36-16-9-7-10-17-36)21-15-22-43(50)37-18-11-8-12-19-37/h13-15,20-32,36-37H,7-12,16-19H2,1-6H3. The largest absolute Gasteiger partial charge is 0.457 e. The van der Waals surface area contributed by atoms with Crippen LogP contribution in [0.3, 0.4) is 0 Å². The second kappa shape index (κ2) is 14.7. The molecule has 5 heteroatoms. The van der Waals surface area contributed by atoms with E-state index in [4.69, 9.17) is 14.8 Å². The zero-order valence-corrected chi connectivity index (χ0v) is 34.2. The fourth-order valence-corrected chi connectivity index (χ4v) is 9.88. The first-order valence-electron chi connectivity index (χ1n) is 21.1. The fraction of sp³-hybridized carbons (Fsp3) is 0.373. The normalized spacial score (nSPS) is 15.9. The number of ether oxygens (including phenoxy) is 1. The van der Waals surface area contributed by atoms with Crippen molar-refractivity contribution in [1.29, 1.82) is 0 Å². The van der Waals surface area contributed by atoms with Gasteiger partial charge in [0.15, 0.2) is 0 Å². The average Bonchev–Trinajstić information content (AvgIpc) is 3.70. The summed E-state index contributed by atoms with van der Waals surface area (Å²) >= 11 is 0. The molecular formula is C51H56N4O. The van der Waals surface area contributed by atoms with Gasteiger partial charge in [-0.2, -0.15) is 5.10 Å². The minimum atomic E-state index is -0.0952. The first-order chi connectivity index (χ1) is 27.1. The number of hydrogen-bond acceptors (Lipinski definition) is 3. The van der Waals surface area contributed by atoms with Crippen molar-refractivity contribution in [2.45, 2.75) is 123 Å². The van der Waals surface area contributed by atoms with E-state index in [1.54, 1.807) is 11.1 Å². The monoisotopic (exact) mass is 740 g/mol. The molecule has 2 aliphatic rings. The predicted octanol–water partition coefficient (Wildman–Crippen LogP) is 14.1. The maximum absolute atomic E-state index is 6.88. The van der Waals surface area contributed by atoms with Crippen molar-refractivity contribution >= 4 is 21.8 Å². The molecule has 0 aliphatic heterocycles. The summed E-state index contributed by atoms with van der Waals surface area (Å²) in [5, 5.41) is 7.75. The molecule has 0 amide bonds. The summed E-state index contributed by atoms with van der Waals surface area (Å²) in [5.74, 6) is 3.74. The Morgan fingerprint density at radius 3 is 1.98 bits per heavy atom. The van der Waals surface area contributed by atoms with Gasteiger partial charge in [-0.15, -0.1) is 0 Å². The lowest BCUT2D eigenvalue weighted by atomic mass is 9.75. The maximum atomic E-state index is 6.88. The highest BCUT2D eigenvalue weighted by molar-refractivity contribution is 6.09. The Labute approximate surface area is 332 Å². The molecule has 0 atom stereocenters. The minimum absolute atomic E-state index is 0.0952. The van der Waals surface area contributed by atoms with Crippen LogP contribution in [0.1, 0.15) is 130 Å². The summed E-state index contributed by atoms with van der Waals surface area (Å²) in [7, 11) is 0. The van der Waals surface area contributed by atoms with Crippen LogP contribution in [0.25, 0.3) is 44.4 Å². The zero-order valence-electron chi connectivity index (χ0n) is 34.2. The van der Waals surface area contributed by atoms with Gasteiger partial charge in [0.05, 0.1) is 22.4 Å². The van der Waals surface area contributed by atoms with Gasteiger partial charge in [0.25, 0.3) is 0 Å². The molecule has 5 nitrogen and oxygen atoms in total. The van der Waals surface area contributed by atoms with Crippen LogP contribution >= 0.6 is 0 Å². The average molecular weight is 741 g/mol. The minimum Gasteiger partial charge on any atom is -0.457 e. The highest BCUT2D eigenvalue weighted by Crippen LogP contribution is 2.47. The summed E-state index contributed by atoms with van der Waals surface area (Å²) in [6, 6.07) is 33.2. The molecule has 2 saturated carbocycles. The van der Waals surface area contributed by atoms with Gasteiger partial charge in [0.2, 0.25) is 0 Å². The number of fused-ring (bicyclic) bond motifs is 3. The van der Waals surface area contributed by atoms with E-state index in [-0.39, 0.29) is 5.41 Å². The molecule has 0 spiro atoms. The summed E-state index contributed by atoms with van der Waals surface area (Å²) < 4.78 is 11.3. The molecule has 9 rings (SSSR count). The molecule has 3 heterocycles. The van der Waals surface area contributed by atoms with Crippen LogP contribution in [0.2, 0.25) is 0 Å². The van der Waals surface area contributed by atoms with E-state index in [0.29, 0.717) is 11.8 Å². The lowest BCUT2D eigenvalue weighted by molar-refractivity contribution is 0.436. The van der Waals surface area contributed by atoms with E-state index in [1.165, 1.54) is 103 Å². The van der Waals surface area contributed by atoms with E-state index in [1.807, 2.05) is 12.3 Å². The van der Waals surface area contributed by atoms with Crippen LogP contribution in [0, 0.1) is 20.8 Å². The molecule has 0 bridgehead atoms. The molecule has 286 valence electrons. The molecule has 0 saturated heterocycles. The smallest absolute Gasteiger partial charge is 0.137 e. The first kappa shape index (κ1) is 36.5. The predicted molar refractivity (Wildman–Crippen MR) is 232 cm³/mol. The van der Waals surface area contributed by atoms with Crippen molar-refractivity contribution < 1.29 is 4.74 Å². The van der Waals surface area contributed by atoms with Crippen molar-refractivity contribution in [3.8, 4) is 34.1 Å². The van der Waals surface area contributed by atoms with E-state index in [0.717, 1.165) is 39.7 Å². The molecule has 0 N–H and O–H groups in total. The van der Waals surface area contributed by atoms with Crippen molar-refractivity contribution in [3.05, 3.63) is 131 Å². The number of para-hydroxylation sites is 1. The number of hydrogen-bond donors (Lipinski definition) is 0. The summed E-state index contributed by atoms with van der Waals surface area (Å²) in [6.07, 6.45) is 15.1. The quantitative estimate of drug-likeness (QED) is 0.163. The van der Waals surface area contributed by atoms with Gasteiger partial charge in [-0.3, -0.25) is 4.57 Å². The number of pyridine rings is 1. The van der Waals surface area contributed by atoms with Gasteiger partial charge in [-0.25, -0.2) is 9.67 Å². The Hall–Kier alpha value is -5.16. The fourth-order valence-electron chi connectivity index (χ4n) is 9.88. The van der Waals surface area contributed by atoms with Gasteiger partial charge in [0.1, 0.15) is 17.3 Å². The maximum Gasteiger partial charge on any atom is 0.137 e. The second-order valence-corrected chi connectivity index (χ2v) is 17.7. The lowest BCUT2D eigenvalue weighted by Gasteiger charge is -2.30. The highest BCUT2D eigenvalue weighted by Gasteiger charge is 2.29. The Bertz CT molecular complexity index is 2520. The van der Waals surface area contributed by atoms with Crippen LogP contribution in [0.15, 0.2) is 97.2 Å². The van der Waals surface area contributed by atoms with Gasteiger partial charge < -0.3 is 4.74 Å². The summed E-state index contributed by atoms with van der Waals surface area (Å²) in [4.78, 5) is 4.79. The number of aryl methyl sites for hydroxylation is 2. The van der Waals surface area contributed by atoms with Crippen LogP contribution in [0.5, 0.6) is 11.5 Å². The number of aromatic nitrogens is 4. The van der Waals surface area contributed by atoms with Crippen molar-refractivity contribution in [1.82, 2.24) is 19.3 Å². The van der Waals surface area contributed by atoms with Crippen LogP contribution < -0.4 is 4.74 Å². The van der Waals surface area contributed by atoms with Crippen LogP contribution in [0.4, 0.5) is 0 Å². The van der Waals surface area contributed by atoms with Gasteiger partial charge in [-0.05, 0) is 134 Å². The zero-order chi connectivity index (χ0) is 38.6. The van der Waals surface area contributed by atoms with Crippen molar-refractivity contribution in [2.75, 3.05) is 0 Å². The second-order valence-electron chi connectivity index (χ2n) is 17.7. The summed E-state index contributed by atoms with van der Waals surface area (Å²) in [5.41, 5.74) is 13.8. The summed E-state index contributed by atoms with van der Waals surface area (Å²) in [6.45, 7) is 13.5. The molecular weight excluding hydrogens is 685 g/mol. The number of nitrogens with zero attached hydrogens (tertiary/aromatic N) is 4. The van der Waals surface area contributed by atoms with E-state index in [9.17, 15) is 0 Å². The third-order valence-electron chi connectivity index (χ3n) is 12.8. The molecule has 3 aromatic heterocycles. The van der Waals surface area contributed by atoms with Gasteiger partial charge in [-0.1, -0.05) is 95.7 Å². The number of benzene rings is 4. The van der Waals surface area contributed by atoms with Crippen LogP contribution in [-0.4, -0.2) is 19.3 Å². The van der Waals surface area contributed by atoms with Crippen molar-refractivity contribution in [2.24, 2.45) is 0 Å². The highest BCUT2D eigenvalue weighted by atomic mass is 16.5. The molecule has 2 aliphatic carbocycles. The van der Waals surface area contributed by atoms with E-state index in [2.05, 4.69) is 136 Å². The molecule has 7 aromatic rings. The van der Waals surface area contributed by atoms with Crippen molar-refractivity contribution in [3.63, 3.8) is 0 Å². The molecule has 0 unspecified atom stereocenters. The molecule has 4 aromatic carbocycles.